The van der Waals surface area contributed by atoms with Crippen LogP contribution in [0.25, 0.3) is 54.1 Å². The standard InChI is InChI=1S/C35H33ClN6O2S/c1-20-15-29-34(33(26(20)19-32(43)44)22-5-8-25(36)9-6-22)45-35(38-29)24-17-28(37-31(18-24)42-13-11-40(3)12-14-42)23-7-10-30-27(16-23)21(2)39-41(30)4/h5-10,15-18H,11-14,19H2,1-4H3,(H,43,44). The van der Waals surface area contributed by atoms with Crippen molar-refractivity contribution in [1.29, 1.82) is 0 Å². The van der Waals surface area contributed by atoms with Gasteiger partial charge in [0.15, 0.2) is 0 Å². The fraction of sp³-hybridized carbons (Fsp3) is 0.257. The van der Waals surface area contributed by atoms with E-state index in [-0.39, 0.29) is 6.42 Å². The lowest BCUT2D eigenvalue weighted by atomic mass is 9.93. The van der Waals surface area contributed by atoms with Crippen LogP contribution < -0.4 is 4.90 Å². The number of aryl methyl sites for hydroxylation is 3. The number of anilines is 1. The fourth-order valence-electron chi connectivity index (χ4n) is 6.24. The highest BCUT2D eigenvalue weighted by molar-refractivity contribution is 7.22. The molecule has 3 aromatic heterocycles. The SMILES string of the molecule is Cc1cc2nc(-c3cc(-c4ccc5c(c4)c(C)nn5C)nc(N4CCN(C)CC4)c3)sc2c(-c2ccc(Cl)cc2)c1CC(=O)O. The highest BCUT2D eigenvalue weighted by atomic mass is 35.5. The zero-order valence-electron chi connectivity index (χ0n) is 25.6. The van der Waals surface area contributed by atoms with Crippen molar-refractivity contribution in [3.63, 3.8) is 0 Å². The van der Waals surface area contributed by atoms with E-state index in [1.165, 1.54) is 0 Å². The van der Waals surface area contributed by atoms with Crippen LogP contribution >= 0.6 is 22.9 Å². The molecular formula is C35H33ClN6O2S. The van der Waals surface area contributed by atoms with E-state index in [9.17, 15) is 9.90 Å². The average molecular weight is 637 g/mol. The molecule has 1 N–H and O–H groups in total. The number of carboxylic acids is 1. The van der Waals surface area contributed by atoms with Crippen LogP contribution in [0.5, 0.6) is 0 Å². The number of hydrogen-bond donors (Lipinski definition) is 1. The molecule has 1 saturated heterocycles. The summed E-state index contributed by atoms with van der Waals surface area (Å²) >= 11 is 7.82. The summed E-state index contributed by atoms with van der Waals surface area (Å²) in [5, 5.41) is 17.0. The Kier molecular flexibility index (Phi) is 7.55. The minimum absolute atomic E-state index is 0.0733. The number of fused-ring (bicyclic) bond motifs is 2. The molecule has 45 heavy (non-hydrogen) atoms. The minimum atomic E-state index is -0.867. The van der Waals surface area contributed by atoms with Crippen molar-refractivity contribution in [2.24, 2.45) is 7.05 Å². The number of hydrogen-bond acceptors (Lipinski definition) is 7. The number of pyridine rings is 1. The normalized spacial score (nSPS) is 14.1. The number of halogens is 1. The molecule has 7 rings (SSSR count). The summed E-state index contributed by atoms with van der Waals surface area (Å²) < 4.78 is 2.87. The van der Waals surface area contributed by atoms with E-state index in [1.54, 1.807) is 11.3 Å². The van der Waals surface area contributed by atoms with Gasteiger partial charge >= 0.3 is 5.97 Å². The average Bonchev–Trinajstić information content (AvgIpc) is 3.57. The number of aliphatic carboxylic acids is 1. The Bertz CT molecular complexity index is 2090. The monoisotopic (exact) mass is 636 g/mol. The number of carboxylic acid groups (broad SMARTS) is 1. The molecule has 1 fully saturated rings. The van der Waals surface area contributed by atoms with Gasteiger partial charge in [0.1, 0.15) is 10.8 Å². The van der Waals surface area contributed by atoms with Crippen LogP contribution in [0.1, 0.15) is 16.8 Å². The lowest BCUT2D eigenvalue weighted by Crippen LogP contribution is -2.44. The van der Waals surface area contributed by atoms with Crippen molar-refractivity contribution in [2.75, 3.05) is 38.1 Å². The van der Waals surface area contributed by atoms with Crippen LogP contribution in [-0.2, 0) is 18.3 Å². The molecule has 3 aromatic carbocycles. The Morgan fingerprint density at radius 3 is 2.38 bits per heavy atom. The van der Waals surface area contributed by atoms with E-state index < -0.39 is 5.97 Å². The molecule has 8 nitrogen and oxygen atoms in total. The molecule has 228 valence electrons. The van der Waals surface area contributed by atoms with E-state index in [1.807, 2.05) is 55.9 Å². The Balaban J connectivity index is 1.42. The first kappa shape index (κ1) is 29.4. The van der Waals surface area contributed by atoms with Gasteiger partial charge in [-0.3, -0.25) is 9.48 Å². The first-order valence-corrected chi connectivity index (χ1v) is 16.1. The molecular weight excluding hydrogens is 604 g/mol. The number of piperazine rings is 1. The second-order valence-corrected chi connectivity index (χ2v) is 13.3. The predicted molar refractivity (Wildman–Crippen MR) is 184 cm³/mol. The molecule has 0 saturated carbocycles. The Labute approximate surface area is 270 Å². The molecule has 0 unspecified atom stereocenters. The highest BCUT2D eigenvalue weighted by Crippen LogP contribution is 2.42. The number of rotatable bonds is 6. The Hall–Kier alpha value is -4.31. The van der Waals surface area contributed by atoms with Crippen LogP contribution in [0.3, 0.4) is 0 Å². The zero-order chi connectivity index (χ0) is 31.4. The van der Waals surface area contributed by atoms with Crippen molar-refractivity contribution >= 4 is 55.8 Å². The molecule has 0 bridgehead atoms. The van der Waals surface area contributed by atoms with Gasteiger partial charge in [-0.15, -0.1) is 11.3 Å². The van der Waals surface area contributed by atoms with Gasteiger partial charge in [0.2, 0.25) is 0 Å². The van der Waals surface area contributed by atoms with Gasteiger partial charge in [0.25, 0.3) is 0 Å². The lowest BCUT2D eigenvalue weighted by Gasteiger charge is -2.33. The van der Waals surface area contributed by atoms with Crippen molar-refractivity contribution in [2.45, 2.75) is 20.3 Å². The van der Waals surface area contributed by atoms with Gasteiger partial charge in [-0.25, -0.2) is 9.97 Å². The van der Waals surface area contributed by atoms with Crippen molar-refractivity contribution in [3.8, 4) is 33.0 Å². The Morgan fingerprint density at radius 2 is 1.64 bits per heavy atom. The van der Waals surface area contributed by atoms with E-state index in [2.05, 4.69) is 52.3 Å². The largest absolute Gasteiger partial charge is 0.481 e. The third-order valence-electron chi connectivity index (χ3n) is 8.69. The van der Waals surface area contributed by atoms with Crippen molar-refractivity contribution in [3.05, 3.63) is 82.5 Å². The van der Waals surface area contributed by atoms with Crippen LogP contribution in [0.4, 0.5) is 5.82 Å². The molecule has 0 spiro atoms. The second kappa shape index (κ2) is 11.6. The molecule has 4 heterocycles. The predicted octanol–water partition coefficient (Wildman–Crippen LogP) is 7.23. The van der Waals surface area contributed by atoms with E-state index in [0.29, 0.717) is 5.02 Å². The first-order valence-electron chi connectivity index (χ1n) is 14.9. The summed E-state index contributed by atoms with van der Waals surface area (Å²) in [4.78, 5) is 27.0. The fourth-order valence-corrected chi connectivity index (χ4v) is 7.50. The van der Waals surface area contributed by atoms with Crippen LogP contribution in [0, 0.1) is 13.8 Å². The number of benzene rings is 3. The summed E-state index contributed by atoms with van der Waals surface area (Å²) in [6, 6.07) is 20.3. The number of nitrogens with zero attached hydrogens (tertiary/aromatic N) is 6. The lowest BCUT2D eigenvalue weighted by molar-refractivity contribution is -0.136. The highest BCUT2D eigenvalue weighted by Gasteiger charge is 2.22. The quantitative estimate of drug-likeness (QED) is 0.206. The summed E-state index contributed by atoms with van der Waals surface area (Å²) in [7, 11) is 4.12. The molecule has 0 amide bonds. The zero-order valence-corrected chi connectivity index (χ0v) is 27.2. The maximum Gasteiger partial charge on any atom is 0.307 e. The summed E-state index contributed by atoms with van der Waals surface area (Å²) in [6.45, 7) is 7.73. The van der Waals surface area contributed by atoms with Gasteiger partial charge in [0.05, 0.1) is 33.5 Å². The maximum atomic E-state index is 12.0. The third-order valence-corrected chi connectivity index (χ3v) is 10.1. The number of aromatic nitrogens is 4. The molecule has 0 atom stereocenters. The van der Waals surface area contributed by atoms with Gasteiger partial charge < -0.3 is 14.9 Å². The molecule has 0 aliphatic carbocycles. The van der Waals surface area contributed by atoms with Crippen molar-refractivity contribution < 1.29 is 9.90 Å². The molecule has 6 aromatic rings. The van der Waals surface area contributed by atoms with E-state index in [0.717, 1.165) is 103 Å². The minimum Gasteiger partial charge on any atom is -0.481 e. The number of likely N-dealkylation sites (N-methyl/N-ethyl adjacent to an activating group) is 1. The number of carbonyl (C=O) groups is 1. The molecule has 1 aliphatic rings. The van der Waals surface area contributed by atoms with Gasteiger partial charge in [-0.2, -0.15) is 5.10 Å². The van der Waals surface area contributed by atoms with Crippen molar-refractivity contribution in [1.82, 2.24) is 24.6 Å². The summed E-state index contributed by atoms with van der Waals surface area (Å²) in [5.74, 6) is 0.0624. The summed E-state index contributed by atoms with van der Waals surface area (Å²) in [5.41, 5.74) is 9.33. The van der Waals surface area contributed by atoms with Crippen LogP contribution in [0.2, 0.25) is 5.02 Å². The molecule has 1 aliphatic heterocycles. The maximum absolute atomic E-state index is 12.0. The second-order valence-electron chi connectivity index (χ2n) is 11.8. The van der Waals surface area contributed by atoms with E-state index in [4.69, 9.17) is 21.6 Å². The first-order chi connectivity index (χ1) is 21.6. The van der Waals surface area contributed by atoms with Gasteiger partial charge in [-0.1, -0.05) is 29.8 Å². The van der Waals surface area contributed by atoms with Crippen LogP contribution in [0.15, 0.2) is 60.7 Å². The third kappa shape index (κ3) is 5.56. The number of thiazole rings is 1. The molecule has 0 radical (unpaired) electrons. The van der Waals surface area contributed by atoms with Gasteiger partial charge in [0, 0.05) is 60.3 Å². The van der Waals surface area contributed by atoms with Gasteiger partial charge in [-0.05, 0) is 80.1 Å². The smallest absolute Gasteiger partial charge is 0.307 e. The summed E-state index contributed by atoms with van der Waals surface area (Å²) in [6.07, 6.45) is -0.0733. The Morgan fingerprint density at radius 1 is 0.911 bits per heavy atom. The molecule has 10 heteroatoms. The van der Waals surface area contributed by atoms with E-state index >= 15 is 0 Å². The van der Waals surface area contributed by atoms with Crippen LogP contribution in [-0.4, -0.2) is 69.0 Å². The topological polar surface area (TPSA) is 87.4 Å².